The Kier molecular flexibility index (Phi) is 3.07. The van der Waals surface area contributed by atoms with Gasteiger partial charge >= 0.3 is 0 Å². The Balaban J connectivity index is 2.59. The number of nitrogens with zero attached hydrogens (tertiary/aromatic N) is 1. The number of rotatable bonds is 1. The zero-order valence-corrected chi connectivity index (χ0v) is 11.3. The third-order valence-corrected chi connectivity index (χ3v) is 3.26. The maximum Gasteiger partial charge on any atom is 0.250 e. The van der Waals surface area contributed by atoms with E-state index < -0.39 is 10.9 Å². The molecule has 0 radical (unpaired) electrons. The van der Waals surface area contributed by atoms with Gasteiger partial charge in [0.1, 0.15) is 10.9 Å². The normalized spacial score (nSPS) is 18.9. The molecule has 1 aliphatic heterocycles. The molecule has 1 aliphatic rings. The van der Waals surface area contributed by atoms with Crippen LogP contribution in [0, 0.1) is 0 Å². The van der Waals surface area contributed by atoms with Crippen molar-refractivity contribution in [2.75, 3.05) is 10.2 Å². The van der Waals surface area contributed by atoms with Crippen LogP contribution in [0.4, 0.5) is 11.4 Å². The smallest absolute Gasteiger partial charge is 0.250 e. The minimum absolute atomic E-state index is 0.216. The number of hydrogen-bond donors (Lipinski definition) is 1. The van der Waals surface area contributed by atoms with Crippen molar-refractivity contribution in [1.82, 2.24) is 0 Å². The third kappa shape index (κ3) is 1.86. The molecule has 0 bridgehead atoms. The SMILES string of the molecule is C[C@H](Cl)C(=O)N1c2ccccc2NC(=O)C1(C)C. The fraction of sp³-hybridized carbons (Fsp3) is 0.385. The van der Waals surface area contributed by atoms with Crippen LogP contribution in [0.2, 0.25) is 0 Å². The first-order valence-corrected chi connectivity index (χ1v) is 6.18. The van der Waals surface area contributed by atoms with Crippen LogP contribution in [-0.4, -0.2) is 22.7 Å². The summed E-state index contributed by atoms with van der Waals surface area (Å²) >= 11 is 5.88. The van der Waals surface area contributed by atoms with Gasteiger partial charge in [-0.15, -0.1) is 11.6 Å². The van der Waals surface area contributed by atoms with Crippen LogP contribution in [0.5, 0.6) is 0 Å². The summed E-state index contributed by atoms with van der Waals surface area (Å²) in [7, 11) is 0. The highest BCUT2D eigenvalue weighted by Crippen LogP contribution is 2.37. The standard InChI is InChI=1S/C13H15ClN2O2/c1-8(14)11(17)16-10-7-5-4-6-9(10)15-12(18)13(16,2)3/h4-8H,1-3H3,(H,15,18)/t8-/m0/s1. The lowest BCUT2D eigenvalue weighted by Gasteiger charge is -2.42. The molecule has 4 nitrogen and oxygen atoms in total. The summed E-state index contributed by atoms with van der Waals surface area (Å²) in [5, 5.41) is 2.12. The monoisotopic (exact) mass is 266 g/mol. The number of nitrogens with one attached hydrogen (secondary N) is 1. The Bertz CT molecular complexity index is 511. The molecule has 18 heavy (non-hydrogen) atoms. The number of carbonyl (C=O) groups is 2. The second kappa shape index (κ2) is 4.28. The van der Waals surface area contributed by atoms with Gasteiger partial charge in [0.25, 0.3) is 0 Å². The Labute approximate surface area is 111 Å². The Morgan fingerprint density at radius 1 is 1.39 bits per heavy atom. The Morgan fingerprint density at radius 3 is 2.61 bits per heavy atom. The molecular weight excluding hydrogens is 252 g/mol. The van der Waals surface area contributed by atoms with Gasteiger partial charge in [0.15, 0.2) is 0 Å². The minimum Gasteiger partial charge on any atom is -0.322 e. The van der Waals surface area contributed by atoms with Crippen molar-refractivity contribution < 1.29 is 9.59 Å². The predicted octanol–water partition coefficient (Wildman–Crippen LogP) is 2.38. The van der Waals surface area contributed by atoms with E-state index in [1.807, 2.05) is 12.1 Å². The van der Waals surface area contributed by atoms with E-state index in [4.69, 9.17) is 11.6 Å². The number of hydrogen-bond acceptors (Lipinski definition) is 2. The van der Waals surface area contributed by atoms with E-state index in [0.717, 1.165) is 0 Å². The fourth-order valence-corrected chi connectivity index (χ4v) is 2.12. The zero-order valence-electron chi connectivity index (χ0n) is 10.5. The molecule has 5 heteroatoms. The van der Waals surface area contributed by atoms with Gasteiger partial charge in [0.05, 0.1) is 11.4 Å². The van der Waals surface area contributed by atoms with E-state index in [9.17, 15) is 9.59 Å². The van der Waals surface area contributed by atoms with E-state index in [1.54, 1.807) is 32.9 Å². The molecular formula is C13H15ClN2O2. The molecule has 0 saturated carbocycles. The highest BCUT2D eigenvalue weighted by Gasteiger charge is 2.44. The summed E-state index contributed by atoms with van der Waals surface area (Å²) in [6.07, 6.45) is 0. The number of anilines is 2. The molecule has 0 aliphatic carbocycles. The summed E-state index contributed by atoms with van der Waals surface area (Å²) in [6.45, 7) is 5.01. The molecule has 0 aromatic heterocycles. The van der Waals surface area contributed by atoms with Crippen LogP contribution < -0.4 is 10.2 Å². The topological polar surface area (TPSA) is 49.4 Å². The highest BCUT2D eigenvalue weighted by molar-refractivity contribution is 6.34. The van der Waals surface area contributed by atoms with Crippen LogP contribution in [0.1, 0.15) is 20.8 Å². The van der Waals surface area contributed by atoms with Gasteiger partial charge in [-0.3, -0.25) is 14.5 Å². The molecule has 96 valence electrons. The van der Waals surface area contributed by atoms with E-state index in [-0.39, 0.29) is 11.8 Å². The maximum atomic E-state index is 12.2. The van der Waals surface area contributed by atoms with Gasteiger partial charge < -0.3 is 5.32 Å². The maximum absolute atomic E-state index is 12.2. The second-order valence-corrected chi connectivity index (χ2v) is 5.47. The van der Waals surface area contributed by atoms with Crippen molar-refractivity contribution >= 4 is 34.8 Å². The van der Waals surface area contributed by atoms with E-state index in [1.165, 1.54) is 4.90 Å². The number of amides is 2. The van der Waals surface area contributed by atoms with Crippen molar-refractivity contribution in [1.29, 1.82) is 0 Å². The quantitative estimate of drug-likeness (QED) is 0.794. The Morgan fingerprint density at radius 2 is 2.00 bits per heavy atom. The minimum atomic E-state index is -0.950. The van der Waals surface area contributed by atoms with E-state index >= 15 is 0 Å². The lowest BCUT2D eigenvalue weighted by atomic mass is 9.96. The van der Waals surface area contributed by atoms with Crippen molar-refractivity contribution in [2.45, 2.75) is 31.7 Å². The van der Waals surface area contributed by atoms with Crippen LogP contribution in [-0.2, 0) is 9.59 Å². The number of para-hydroxylation sites is 2. The summed E-state index contributed by atoms with van der Waals surface area (Å²) < 4.78 is 0. The number of fused-ring (bicyclic) bond motifs is 1. The molecule has 1 heterocycles. The molecule has 1 aromatic rings. The molecule has 0 saturated heterocycles. The molecule has 0 fully saturated rings. The van der Waals surface area contributed by atoms with Gasteiger partial charge in [-0.1, -0.05) is 12.1 Å². The van der Waals surface area contributed by atoms with Gasteiger partial charge in [0.2, 0.25) is 11.8 Å². The van der Waals surface area contributed by atoms with Crippen LogP contribution in [0.25, 0.3) is 0 Å². The van der Waals surface area contributed by atoms with Gasteiger partial charge in [-0.25, -0.2) is 0 Å². The number of carbonyl (C=O) groups excluding carboxylic acids is 2. The van der Waals surface area contributed by atoms with Crippen molar-refractivity contribution in [3.8, 4) is 0 Å². The molecule has 2 amide bonds. The predicted molar refractivity (Wildman–Crippen MR) is 72.0 cm³/mol. The summed E-state index contributed by atoms with van der Waals surface area (Å²) in [5.41, 5.74) is 0.362. The summed E-state index contributed by atoms with van der Waals surface area (Å²) in [5.74, 6) is -0.490. The first kappa shape index (κ1) is 12.9. The molecule has 0 spiro atoms. The van der Waals surface area contributed by atoms with Gasteiger partial charge in [-0.05, 0) is 32.9 Å². The molecule has 1 aromatic carbocycles. The summed E-state index contributed by atoms with van der Waals surface area (Å²) in [6, 6.07) is 7.20. The van der Waals surface area contributed by atoms with Crippen LogP contribution >= 0.6 is 11.6 Å². The molecule has 1 N–H and O–H groups in total. The first-order chi connectivity index (χ1) is 8.35. The number of benzene rings is 1. The average molecular weight is 267 g/mol. The zero-order chi connectivity index (χ0) is 13.5. The number of halogens is 1. The molecule has 1 atom stereocenters. The van der Waals surface area contributed by atoms with Crippen LogP contribution in [0.3, 0.4) is 0 Å². The largest absolute Gasteiger partial charge is 0.322 e. The second-order valence-electron chi connectivity index (χ2n) is 4.82. The first-order valence-electron chi connectivity index (χ1n) is 5.74. The van der Waals surface area contributed by atoms with Crippen molar-refractivity contribution in [3.63, 3.8) is 0 Å². The van der Waals surface area contributed by atoms with Gasteiger partial charge in [0, 0.05) is 0 Å². The number of alkyl halides is 1. The lowest BCUT2D eigenvalue weighted by Crippen LogP contribution is -2.59. The highest BCUT2D eigenvalue weighted by atomic mass is 35.5. The van der Waals surface area contributed by atoms with Crippen molar-refractivity contribution in [2.24, 2.45) is 0 Å². The molecule has 2 rings (SSSR count). The van der Waals surface area contributed by atoms with E-state index in [0.29, 0.717) is 11.4 Å². The molecule has 0 unspecified atom stereocenters. The third-order valence-electron chi connectivity index (χ3n) is 3.07. The summed E-state index contributed by atoms with van der Waals surface area (Å²) in [4.78, 5) is 25.8. The lowest BCUT2D eigenvalue weighted by molar-refractivity contribution is -0.126. The van der Waals surface area contributed by atoms with Crippen LogP contribution in [0.15, 0.2) is 24.3 Å². The van der Waals surface area contributed by atoms with E-state index in [2.05, 4.69) is 5.32 Å². The fourth-order valence-electron chi connectivity index (χ4n) is 2.02. The Hall–Kier alpha value is -1.55. The van der Waals surface area contributed by atoms with Crippen molar-refractivity contribution in [3.05, 3.63) is 24.3 Å². The van der Waals surface area contributed by atoms with Gasteiger partial charge in [-0.2, -0.15) is 0 Å². The average Bonchev–Trinajstić information content (AvgIpc) is 2.29.